The smallest absolute Gasteiger partial charge is 0.0348 e. The highest BCUT2D eigenvalue weighted by Crippen LogP contribution is 2.48. The first-order chi connectivity index (χ1) is 9.24. The molecule has 0 spiro atoms. The van der Waals surface area contributed by atoms with E-state index in [0.717, 1.165) is 6.42 Å². The third-order valence-corrected chi connectivity index (χ3v) is 4.60. The molecule has 0 radical (unpaired) electrons. The summed E-state index contributed by atoms with van der Waals surface area (Å²) in [5.74, 6) is 1.13. The fourth-order valence-electron chi connectivity index (χ4n) is 3.51. The molecule has 4 aliphatic carbocycles. The Morgan fingerprint density at radius 1 is 1.00 bits per heavy atom. The summed E-state index contributed by atoms with van der Waals surface area (Å²) in [6.07, 6.45) is 19.5. The molecule has 4 aliphatic rings. The quantitative estimate of drug-likeness (QED) is 0.622. The van der Waals surface area contributed by atoms with Gasteiger partial charge in [-0.25, -0.2) is 0 Å². The van der Waals surface area contributed by atoms with E-state index >= 15 is 0 Å². The van der Waals surface area contributed by atoms with E-state index in [2.05, 4.69) is 62.5 Å². The molecule has 0 heterocycles. The summed E-state index contributed by atoms with van der Waals surface area (Å²) in [7, 11) is 0. The maximum Gasteiger partial charge on any atom is 0.0348 e. The average molecular weight is 246 g/mol. The van der Waals surface area contributed by atoms with Crippen LogP contribution in [-0.2, 0) is 0 Å². The molecule has 0 fully saturated rings. The minimum atomic E-state index is 0.495. The number of hydrogen-bond donors (Lipinski definition) is 0. The van der Waals surface area contributed by atoms with Crippen molar-refractivity contribution < 1.29 is 0 Å². The van der Waals surface area contributed by atoms with Gasteiger partial charge in [0.25, 0.3) is 0 Å². The van der Waals surface area contributed by atoms with E-state index in [1.54, 1.807) is 11.1 Å². The van der Waals surface area contributed by atoms with E-state index in [1.807, 2.05) is 0 Å². The predicted molar refractivity (Wildman–Crippen MR) is 80.6 cm³/mol. The van der Waals surface area contributed by atoms with Crippen LogP contribution >= 0.6 is 0 Å². The second kappa shape index (κ2) is 3.84. The molecule has 0 aromatic carbocycles. The molecule has 0 amide bonds. The van der Waals surface area contributed by atoms with Crippen LogP contribution in [0.5, 0.6) is 0 Å². The van der Waals surface area contributed by atoms with Gasteiger partial charge in [0.1, 0.15) is 0 Å². The third-order valence-electron chi connectivity index (χ3n) is 4.60. The lowest BCUT2D eigenvalue weighted by atomic mass is 9.67. The van der Waals surface area contributed by atoms with Gasteiger partial charge in [0.05, 0.1) is 0 Å². The largest absolute Gasteiger partial charge is 0.0627 e. The normalized spacial score (nSPS) is 26.8. The van der Waals surface area contributed by atoms with Crippen molar-refractivity contribution in [2.75, 3.05) is 0 Å². The van der Waals surface area contributed by atoms with Crippen molar-refractivity contribution in [2.45, 2.75) is 20.3 Å². The van der Waals surface area contributed by atoms with Crippen LogP contribution in [0.1, 0.15) is 20.3 Å². The number of rotatable bonds is 1. The summed E-state index contributed by atoms with van der Waals surface area (Å²) < 4.78 is 0. The lowest BCUT2D eigenvalue weighted by Crippen LogP contribution is -2.22. The van der Waals surface area contributed by atoms with E-state index < -0.39 is 0 Å². The molecular formula is C19H18. The van der Waals surface area contributed by atoms with Crippen molar-refractivity contribution >= 4 is 0 Å². The minimum Gasteiger partial charge on any atom is -0.0627 e. The molecule has 0 bridgehead atoms. The summed E-state index contributed by atoms with van der Waals surface area (Å²) in [5.41, 5.74) is 8.97. The monoisotopic (exact) mass is 246 g/mol. The zero-order chi connectivity index (χ0) is 13.0. The fourth-order valence-corrected chi connectivity index (χ4v) is 3.51. The molecule has 1 atom stereocenters. The fraction of sp³-hybridized carbons (Fsp3) is 0.263. The maximum atomic E-state index is 2.42. The molecule has 0 nitrogen and oxygen atoms in total. The first-order valence-corrected chi connectivity index (χ1v) is 7.16. The molecule has 0 heteroatoms. The van der Waals surface area contributed by atoms with Crippen molar-refractivity contribution in [3.8, 4) is 0 Å². The summed E-state index contributed by atoms with van der Waals surface area (Å²) in [4.78, 5) is 0. The highest BCUT2D eigenvalue weighted by atomic mass is 14.4. The Morgan fingerprint density at radius 2 is 1.84 bits per heavy atom. The van der Waals surface area contributed by atoms with Gasteiger partial charge in [-0.05, 0) is 40.2 Å². The van der Waals surface area contributed by atoms with Gasteiger partial charge in [0.15, 0.2) is 0 Å². The highest BCUT2D eigenvalue weighted by Gasteiger charge is 2.33. The minimum absolute atomic E-state index is 0.495. The van der Waals surface area contributed by atoms with Crippen molar-refractivity contribution in [1.29, 1.82) is 0 Å². The van der Waals surface area contributed by atoms with Crippen LogP contribution < -0.4 is 0 Å². The van der Waals surface area contributed by atoms with E-state index in [1.165, 1.54) is 22.3 Å². The predicted octanol–water partition coefficient (Wildman–Crippen LogP) is 4.82. The molecule has 1 unspecified atom stereocenters. The Hall–Kier alpha value is -1.82. The van der Waals surface area contributed by atoms with E-state index in [4.69, 9.17) is 0 Å². The Balaban J connectivity index is 1.93. The van der Waals surface area contributed by atoms with Crippen molar-refractivity contribution in [1.82, 2.24) is 0 Å². The van der Waals surface area contributed by atoms with Gasteiger partial charge in [0.2, 0.25) is 0 Å². The molecule has 0 aliphatic heterocycles. The van der Waals surface area contributed by atoms with Crippen LogP contribution in [0, 0.1) is 11.8 Å². The summed E-state index contributed by atoms with van der Waals surface area (Å²) in [6.45, 7) is 4.59. The Morgan fingerprint density at radius 3 is 2.68 bits per heavy atom. The lowest BCUT2D eigenvalue weighted by molar-refractivity contribution is 0.717. The second-order valence-corrected chi connectivity index (χ2v) is 6.07. The van der Waals surface area contributed by atoms with Crippen LogP contribution in [0.3, 0.4) is 0 Å². The first-order valence-electron chi connectivity index (χ1n) is 7.16. The van der Waals surface area contributed by atoms with Crippen LogP contribution in [0.4, 0.5) is 0 Å². The number of allylic oxidation sites excluding steroid dienone is 14. The zero-order valence-corrected chi connectivity index (χ0v) is 11.5. The molecule has 0 aromatic rings. The van der Waals surface area contributed by atoms with Gasteiger partial charge < -0.3 is 0 Å². The summed E-state index contributed by atoms with van der Waals surface area (Å²) >= 11 is 0. The van der Waals surface area contributed by atoms with Gasteiger partial charge in [-0.15, -0.1) is 0 Å². The summed E-state index contributed by atoms with van der Waals surface area (Å²) in [5, 5.41) is 0. The SMILES string of the molecule is CC(C)C1=CC2=C3C(=CC=C4C=CC=C(C=C2)C43)C1. The van der Waals surface area contributed by atoms with Crippen molar-refractivity contribution in [2.24, 2.45) is 11.8 Å². The Kier molecular flexibility index (Phi) is 2.23. The zero-order valence-electron chi connectivity index (χ0n) is 11.5. The van der Waals surface area contributed by atoms with Crippen LogP contribution in [0.2, 0.25) is 0 Å². The van der Waals surface area contributed by atoms with Gasteiger partial charge in [0, 0.05) is 5.92 Å². The van der Waals surface area contributed by atoms with Gasteiger partial charge in [-0.1, -0.05) is 68.0 Å². The van der Waals surface area contributed by atoms with Crippen molar-refractivity contribution in [3.63, 3.8) is 0 Å². The first kappa shape index (κ1) is 11.0. The van der Waals surface area contributed by atoms with Crippen molar-refractivity contribution in [3.05, 3.63) is 82.0 Å². The highest BCUT2D eigenvalue weighted by molar-refractivity contribution is 5.67. The van der Waals surface area contributed by atoms with E-state index in [-0.39, 0.29) is 0 Å². The average Bonchev–Trinajstić information content (AvgIpc) is 2.44. The van der Waals surface area contributed by atoms with Gasteiger partial charge in [-0.3, -0.25) is 0 Å². The molecule has 0 N–H and O–H groups in total. The molecule has 4 rings (SSSR count). The van der Waals surface area contributed by atoms with E-state index in [0.29, 0.717) is 11.8 Å². The number of hydrogen-bond acceptors (Lipinski definition) is 0. The van der Waals surface area contributed by atoms with Crippen LogP contribution in [0.25, 0.3) is 0 Å². The van der Waals surface area contributed by atoms with Gasteiger partial charge >= 0.3 is 0 Å². The molecule has 0 saturated heterocycles. The lowest BCUT2D eigenvalue weighted by Gasteiger charge is -2.36. The molecular weight excluding hydrogens is 228 g/mol. The molecule has 19 heavy (non-hydrogen) atoms. The third kappa shape index (κ3) is 1.53. The Labute approximate surface area is 114 Å². The maximum absolute atomic E-state index is 2.42. The molecule has 94 valence electrons. The van der Waals surface area contributed by atoms with E-state index in [9.17, 15) is 0 Å². The topological polar surface area (TPSA) is 0 Å². The van der Waals surface area contributed by atoms with Crippen LogP contribution in [-0.4, -0.2) is 0 Å². The van der Waals surface area contributed by atoms with Gasteiger partial charge in [-0.2, -0.15) is 0 Å². The molecule has 0 aromatic heterocycles. The Bertz CT molecular complexity index is 667. The summed E-state index contributed by atoms with van der Waals surface area (Å²) in [6, 6.07) is 0. The standard InChI is InChI=1S/C19H18/c1-12(2)17-10-15-8-6-13-4-3-5-14-7-9-16(11-17)19(15)18(13)14/h3-10,12,18H,11H2,1-2H3. The molecule has 0 saturated carbocycles. The van der Waals surface area contributed by atoms with Crippen LogP contribution in [0.15, 0.2) is 82.0 Å². The second-order valence-electron chi connectivity index (χ2n) is 6.07.